The maximum atomic E-state index is 12.3. The summed E-state index contributed by atoms with van der Waals surface area (Å²) in [5, 5.41) is 9.99. The van der Waals surface area contributed by atoms with Crippen LogP contribution in [0.5, 0.6) is 0 Å². The first-order valence-electron chi connectivity index (χ1n) is 8.86. The molecule has 0 saturated carbocycles. The number of hydrogen-bond acceptors (Lipinski definition) is 4. The molecule has 0 bridgehead atoms. The Bertz CT molecular complexity index is 730. The fourth-order valence-electron chi connectivity index (χ4n) is 3.57. The van der Waals surface area contributed by atoms with E-state index in [2.05, 4.69) is 24.3 Å². The Morgan fingerprint density at radius 3 is 2.08 bits per heavy atom. The van der Waals surface area contributed by atoms with E-state index in [1.165, 1.54) is 27.2 Å². The molecular formula is C21H26N2O3. The van der Waals surface area contributed by atoms with Crippen molar-refractivity contribution in [2.75, 3.05) is 40.8 Å². The van der Waals surface area contributed by atoms with E-state index in [9.17, 15) is 9.90 Å². The van der Waals surface area contributed by atoms with Gasteiger partial charge in [0.15, 0.2) is 0 Å². The summed E-state index contributed by atoms with van der Waals surface area (Å²) < 4.78 is 5.57. The summed E-state index contributed by atoms with van der Waals surface area (Å²) >= 11 is 0. The van der Waals surface area contributed by atoms with Crippen LogP contribution >= 0.6 is 0 Å². The number of aliphatic hydroxyl groups excluding tert-OH is 1. The third-order valence-electron chi connectivity index (χ3n) is 4.71. The van der Waals surface area contributed by atoms with Crippen molar-refractivity contribution in [2.45, 2.75) is 12.0 Å². The van der Waals surface area contributed by atoms with Gasteiger partial charge in [-0.3, -0.25) is 0 Å². The second-order valence-electron chi connectivity index (χ2n) is 7.10. The molecule has 0 aromatic heterocycles. The van der Waals surface area contributed by atoms with E-state index in [-0.39, 0.29) is 12.5 Å². The molecule has 1 aliphatic carbocycles. The first-order valence-corrected chi connectivity index (χ1v) is 8.86. The number of carbonyl (C=O) groups is 1. The Kier molecular flexibility index (Phi) is 5.59. The standard InChI is InChI=1S/C21H26N2O3/c1-22(2)12-15(24)13-23(3)21(25)26-14-20-18-10-6-4-8-16(18)17-9-5-7-11-19(17)20/h4-11,15,20,24H,12-14H2,1-3H3. The molecule has 138 valence electrons. The highest BCUT2D eigenvalue weighted by atomic mass is 16.6. The van der Waals surface area contributed by atoms with Crippen LogP contribution in [0.25, 0.3) is 11.1 Å². The van der Waals surface area contributed by atoms with Crippen molar-refractivity contribution < 1.29 is 14.6 Å². The van der Waals surface area contributed by atoms with Crippen molar-refractivity contribution >= 4 is 6.09 Å². The van der Waals surface area contributed by atoms with Gasteiger partial charge in [-0.25, -0.2) is 4.79 Å². The van der Waals surface area contributed by atoms with E-state index in [0.29, 0.717) is 13.2 Å². The van der Waals surface area contributed by atoms with Crippen molar-refractivity contribution in [3.8, 4) is 11.1 Å². The zero-order valence-electron chi connectivity index (χ0n) is 15.6. The molecule has 1 unspecified atom stereocenters. The molecule has 0 heterocycles. The van der Waals surface area contributed by atoms with Crippen LogP contribution in [0, 0.1) is 0 Å². The minimum absolute atomic E-state index is 0.0476. The molecule has 2 aromatic carbocycles. The van der Waals surface area contributed by atoms with Crippen molar-refractivity contribution in [1.82, 2.24) is 9.80 Å². The van der Waals surface area contributed by atoms with Crippen LogP contribution in [0.2, 0.25) is 0 Å². The van der Waals surface area contributed by atoms with Gasteiger partial charge in [-0.2, -0.15) is 0 Å². The topological polar surface area (TPSA) is 53.0 Å². The molecule has 2 aromatic rings. The number of benzene rings is 2. The summed E-state index contributed by atoms with van der Waals surface area (Å²) in [6, 6.07) is 16.5. The molecule has 26 heavy (non-hydrogen) atoms. The summed E-state index contributed by atoms with van der Waals surface area (Å²) in [4.78, 5) is 15.6. The van der Waals surface area contributed by atoms with Crippen molar-refractivity contribution in [2.24, 2.45) is 0 Å². The molecule has 1 N–H and O–H groups in total. The van der Waals surface area contributed by atoms with Gasteiger partial charge in [-0.1, -0.05) is 48.5 Å². The number of fused-ring (bicyclic) bond motifs is 3. The van der Waals surface area contributed by atoms with Gasteiger partial charge >= 0.3 is 6.09 Å². The smallest absolute Gasteiger partial charge is 0.409 e. The summed E-state index contributed by atoms with van der Waals surface area (Å²) in [6.07, 6.45) is -1.01. The lowest BCUT2D eigenvalue weighted by Gasteiger charge is -2.23. The molecule has 1 aliphatic rings. The summed E-state index contributed by atoms with van der Waals surface area (Å²) in [7, 11) is 5.42. The van der Waals surface area contributed by atoms with Crippen LogP contribution in [-0.2, 0) is 4.74 Å². The normalized spacial score (nSPS) is 14.0. The predicted octanol–water partition coefficient (Wildman–Crippen LogP) is 2.79. The summed E-state index contributed by atoms with van der Waals surface area (Å²) in [5.74, 6) is 0.0476. The lowest BCUT2D eigenvalue weighted by molar-refractivity contribution is 0.0715. The van der Waals surface area contributed by atoms with Crippen LogP contribution in [0.15, 0.2) is 48.5 Å². The molecule has 0 aliphatic heterocycles. The summed E-state index contributed by atoms with van der Waals surface area (Å²) in [6.45, 7) is 1.04. The van der Waals surface area contributed by atoms with Crippen LogP contribution in [0.4, 0.5) is 4.79 Å². The first-order chi connectivity index (χ1) is 12.5. The maximum Gasteiger partial charge on any atom is 0.409 e. The fraction of sp³-hybridized carbons (Fsp3) is 0.381. The number of carbonyl (C=O) groups excluding carboxylic acids is 1. The van der Waals surface area contributed by atoms with E-state index in [0.717, 1.165) is 0 Å². The Morgan fingerprint density at radius 2 is 1.54 bits per heavy atom. The third kappa shape index (κ3) is 3.89. The number of hydrogen-bond donors (Lipinski definition) is 1. The Labute approximate surface area is 154 Å². The lowest BCUT2D eigenvalue weighted by Crippen LogP contribution is -2.39. The molecule has 0 fully saturated rings. The number of amides is 1. The maximum absolute atomic E-state index is 12.3. The molecule has 1 amide bonds. The van der Waals surface area contributed by atoms with Crippen molar-refractivity contribution in [3.05, 3.63) is 59.7 Å². The van der Waals surface area contributed by atoms with E-state index >= 15 is 0 Å². The van der Waals surface area contributed by atoms with E-state index in [1.54, 1.807) is 7.05 Å². The highest BCUT2D eigenvalue weighted by molar-refractivity contribution is 5.79. The molecule has 1 atom stereocenters. The average Bonchev–Trinajstić information content (AvgIpc) is 2.93. The second kappa shape index (κ2) is 7.89. The predicted molar refractivity (Wildman–Crippen MR) is 102 cm³/mol. The van der Waals surface area contributed by atoms with E-state index in [1.807, 2.05) is 43.3 Å². The quantitative estimate of drug-likeness (QED) is 0.867. The Balaban J connectivity index is 1.65. The first kappa shape index (κ1) is 18.4. The molecule has 3 rings (SSSR count). The molecular weight excluding hydrogens is 328 g/mol. The van der Waals surface area contributed by atoms with E-state index < -0.39 is 12.2 Å². The largest absolute Gasteiger partial charge is 0.448 e. The number of ether oxygens (including phenoxy) is 1. The zero-order valence-corrected chi connectivity index (χ0v) is 15.6. The van der Waals surface area contributed by atoms with Gasteiger partial charge in [-0.15, -0.1) is 0 Å². The summed E-state index contributed by atoms with van der Waals surface area (Å²) in [5.41, 5.74) is 4.80. The number of aliphatic hydroxyl groups is 1. The fourth-order valence-corrected chi connectivity index (χ4v) is 3.57. The Hall–Kier alpha value is -2.37. The van der Waals surface area contributed by atoms with Gasteiger partial charge in [0.05, 0.1) is 12.6 Å². The van der Waals surface area contributed by atoms with Crippen LogP contribution < -0.4 is 0 Å². The average molecular weight is 354 g/mol. The van der Waals surface area contributed by atoms with Gasteiger partial charge in [0.25, 0.3) is 0 Å². The monoisotopic (exact) mass is 354 g/mol. The van der Waals surface area contributed by atoms with Crippen LogP contribution in [-0.4, -0.2) is 67.9 Å². The minimum atomic E-state index is -0.601. The third-order valence-corrected chi connectivity index (χ3v) is 4.71. The van der Waals surface area contributed by atoms with Gasteiger partial charge in [-0.05, 0) is 36.3 Å². The number of nitrogens with zero attached hydrogens (tertiary/aromatic N) is 2. The Morgan fingerprint density at radius 1 is 1.00 bits per heavy atom. The van der Waals surface area contributed by atoms with Crippen LogP contribution in [0.1, 0.15) is 17.0 Å². The van der Waals surface area contributed by atoms with E-state index in [4.69, 9.17) is 4.74 Å². The molecule has 0 saturated heterocycles. The minimum Gasteiger partial charge on any atom is -0.448 e. The molecule has 5 nitrogen and oxygen atoms in total. The van der Waals surface area contributed by atoms with Gasteiger partial charge in [0.1, 0.15) is 6.61 Å². The van der Waals surface area contributed by atoms with Gasteiger partial charge < -0.3 is 19.6 Å². The molecule has 0 radical (unpaired) electrons. The highest BCUT2D eigenvalue weighted by Crippen LogP contribution is 2.44. The van der Waals surface area contributed by atoms with Crippen molar-refractivity contribution in [3.63, 3.8) is 0 Å². The molecule has 5 heteroatoms. The van der Waals surface area contributed by atoms with Gasteiger partial charge in [0.2, 0.25) is 0 Å². The number of rotatable bonds is 6. The molecule has 0 spiro atoms. The van der Waals surface area contributed by atoms with Gasteiger partial charge in [0, 0.05) is 19.5 Å². The SMILES string of the molecule is CN(C)CC(O)CN(C)C(=O)OCC1c2ccccc2-c2ccccc21. The zero-order chi connectivity index (χ0) is 18.7. The number of likely N-dealkylation sites (N-methyl/N-ethyl adjacent to an activating group) is 2. The second-order valence-corrected chi connectivity index (χ2v) is 7.10. The highest BCUT2D eigenvalue weighted by Gasteiger charge is 2.29. The lowest BCUT2D eigenvalue weighted by atomic mass is 9.98. The van der Waals surface area contributed by atoms with Crippen LogP contribution in [0.3, 0.4) is 0 Å². The van der Waals surface area contributed by atoms with Crippen molar-refractivity contribution in [1.29, 1.82) is 0 Å².